The number of rotatable bonds is 4. The Morgan fingerprint density at radius 3 is 2.62 bits per heavy atom. The van der Waals surface area contributed by atoms with Crippen LogP contribution in [0.5, 0.6) is 0 Å². The molecule has 0 aliphatic carbocycles. The van der Waals surface area contributed by atoms with E-state index in [9.17, 15) is 9.59 Å². The molecule has 3 rings (SSSR count). The molecule has 1 aliphatic heterocycles. The summed E-state index contributed by atoms with van der Waals surface area (Å²) < 4.78 is 0. The van der Waals surface area contributed by atoms with Crippen molar-refractivity contribution in [2.24, 2.45) is 5.92 Å². The first-order valence-corrected chi connectivity index (χ1v) is 9.03. The van der Waals surface area contributed by atoms with Gasteiger partial charge in [0.2, 0.25) is 5.91 Å². The number of benzene rings is 2. The number of hydrogen-bond acceptors (Lipinski definition) is 2. The van der Waals surface area contributed by atoms with Crippen LogP contribution in [0.1, 0.15) is 25.0 Å². The smallest absolute Gasteiger partial charge is 0.322 e. The number of carbonyl (C=O) groups is 2. The first-order valence-electron chi connectivity index (χ1n) is 9.03. The third-order valence-corrected chi connectivity index (χ3v) is 4.58. The molecule has 0 radical (unpaired) electrons. The zero-order valence-electron chi connectivity index (χ0n) is 15.2. The van der Waals surface area contributed by atoms with Crippen molar-refractivity contribution >= 4 is 17.6 Å². The molecular weight excluding hydrogens is 326 g/mol. The molecule has 2 N–H and O–H groups in total. The Morgan fingerprint density at radius 2 is 1.88 bits per heavy atom. The minimum Gasteiger partial charge on any atom is -0.353 e. The summed E-state index contributed by atoms with van der Waals surface area (Å²) in [4.78, 5) is 26.5. The van der Waals surface area contributed by atoms with E-state index in [2.05, 4.69) is 22.8 Å². The number of urea groups is 1. The Bertz CT molecular complexity index is 774. The Hall–Kier alpha value is -2.82. The molecule has 136 valence electrons. The van der Waals surface area contributed by atoms with Crippen molar-refractivity contribution < 1.29 is 9.59 Å². The first kappa shape index (κ1) is 18.0. The summed E-state index contributed by atoms with van der Waals surface area (Å²) in [5.41, 5.74) is 3.10. The van der Waals surface area contributed by atoms with Gasteiger partial charge >= 0.3 is 6.03 Å². The van der Waals surface area contributed by atoms with Gasteiger partial charge in [0.25, 0.3) is 0 Å². The maximum atomic E-state index is 12.7. The lowest BCUT2D eigenvalue weighted by Crippen LogP contribution is -2.60. The summed E-state index contributed by atoms with van der Waals surface area (Å²) in [5.74, 6) is -0.0234. The molecule has 0 bridgehead atoms. The minimum absolute atomic E-state index is 0.0606. The second kappa shape index (κ2) is 8.04. The summed E-state index contributed by atoms with van der Waals surface area (Å²) in [5, 5.41) is 5.79. The van der Waals surface area contributed by atoms with Crippen LogP contribution in [0.15, 0.2) is 54.6 Å². The highest BCUT2D eigenvalue weighted by Crippen LogP contribution is 2.18. The van der Waals surface area contributed by atoms with Crippen LogP contribution in [0.3, 0.4) is 0 Å². The third-order valence-electron chi connectivity index (χ3n) is 4.58. The van der Waals surface area contributed by atoms with Gasteiger partial charge in [0.05, 0.1) is 0 Å². The van der Waals surface area contributed by atoms with Crippen molar-refractivity contribution in [2.75, 3.05) is 18.4 Å². The topological polar surface area (TPSA) is 61.4 Å². The predicted molar refractivity (Wildman–Crippen MR) is 103 cm³/mol. The standard InChI is InChI=1S/C21H25N3O2/c1-15(2)19-20(25)22-11-12-24(19)21(26)23-18-10-6-9-17(14-18)13-16-7-4-3-5-8-16/h3-10,14-15,19H,11-13H2,1-2H3,(H,22,25)(H,23,26)/t19-/m1/s1. The van der Waals surface area contributed by atoms with E-state index in [4.69, 9.17) is 0 Å². The molecule has 0 saturated carbocycles. The van der Waals surface area contributed by atoms with Gasteiger partial charge in [0.15, 0.2) is 0 Å². The molecule has 1 aliphatic rings. The Labute approximate surface area is 154 Å². The first-order chi connectivity index (χ1) is 12.5. The van der Waals surface area contributed by atoms with E-state index >= 15 is 0 Å². The zero-order chi connectivity index (χ0) is 18.5. The highest BCUT2D eigenvalue weighted by molar-refractivity contribution is 5.94. The van der Waals surface area contributed by atoms with Crippen LogP contribution in [0.4, 0.5) is 10.5 Å². The van der Waals surface area contributed by atoms with Crippen LogP contribution < -0.4 is 10.6 Å². The molecule has 1 atom stereocenters. The molecule has 2 aromatic carbocycles. The molecule has 0 aromatic heterocycles. The number of nitrogens with zero attached hydrogens (tertiary/aromatic N) is 1. The number of carbonyl (C=O) groups excluding carboxylic acids is 2. The number of nitrogens with one attached hydrogen (secondary N) is 2. The van der Waals surface area contributed by atoms with Gasteiger partial charge in [0, 0.05) is 18.8 Å². The fourth-order valence-corrected chi connectivity index (χ4v) is 3.36. The lowest BCUT2D eigenvalue weighted by molar-refractivity contribution is -0.129. The van der Waals surface area contributed by atoms with Crippen molar-refractivity contribution in [3.8, 4) is 0 Å². The molecule has 2 aromatic rings. The van der Waals surface area contributed by atoms with E-state index < -0.39 is 6.04 Å². The summed E-state index contributed by atoms with van der Waals surface area (Å²) >= 11 is 0. The van der Waals surface area contributed by atoms with Gasteiger partial charge in [-0.3, -0.25) is 4.79 Å². The third kappa shape index (κ3) is 4.23. The van der Waals surface area contributed by atoms with Gasteiger partial charge in [-0.2, -0.15) is 0 Å². The summed E-state index contributed by atoms with van der Waals surface area (Å²) in [6, 6.07) is 17.4. The molecule has 1 saturated heterocycles. The molecule has 0 unspecified atom stereocenters. The molecule has 26 heavy (non-hydrogen) atoms. The largest absolute Gasteiger partial charge is 0.353 e. The van der Waals surface area contributed by atoms with E-state index in [0.717, 1.165) is 17.7 Å². The van der Waals surface area contributed by atoms with E-state index in [1.807, 2.05) is 56.3 Å². The summed E-state index contributed by atoms with van der Waals surface area (Å²) in [6.45, 7) is 4.92. The van der Waals surface area contributed by atoms with E-state index in [1.54, 1.807) is 4.90 Å². The van der Waals surface area contributed by atoms with Gasteiger partial charge < -0.3 is 15.5 Å². The normalized spacial score (nSPS) is 17.1. The van der Waals surface area contributed by atoms with Crippen LogP contribution in [-0.2, 0) is 11.2 Å². The van der Waals surface area contributed by atoms with Gasteiger partial charge in [-0.25, -0.2) is 4.79 Å². The quantitative estimate of drug-likeness (QED) is 0.888. The second-order valence-corrected chi connectivity index (χ2v) is 6.97. The van der Waals surface area contributed by atoms with Crippen LogP contribution in [0.25, 0.3) is 0 Å². The zero-order valence-corrected chi connectivity index (χ0v) is 15.2. The van der Waals surface area contributed by atoms with Crippen molar-refractivity contribution in [3.05, 3.63) is 65.7 Å². The van der Waals surface area contributed by atoms with Gasteiger partial charge in [-0.05, 0) is 35.6 Å². The monoisotopic (exact) mass is 351 g/mol. The number of piperazine rings is 1. The highest BCUT2D eigenvalue weighted by Gasteiger charge is 2.35. The summed E-state index contributed by atoms with van der Waals surface area (Å²) in [7, 11) is 0. The van der Waals surface area contributed by atoms with Crippen LogP contribution >= 0.6 is 0 Å². The van der Waals surface area contributed by atoms with Gasteiger partial charge in [-0.1, -0.05) is 56.3 Å². The molecule has 3 amide bonds. The SMILES string of the molecule is CC(C)[C@@H]1C(=O)NCCN1C(=O)Nc1cccc(Cc2ccccc2)c1. The van der Waals surface area contributed by atoms with E-state index in [0.29, 0.717) is 13.1 Å². The number of amides is 3. The molecule has 1 heterocycles. The average molecular weight is 351 g/mol. The van der Waals surface area contributed by atoms with Crippen molar-refractivity contribution in [3.63, 3.8) is 0 Å². The predicted octanol–water partition coefficient (Wildman–Crippen LogP) is 3.27. The lowest BCUT2D eigenvalue weighted by atomic mass is 10.00. The number of hydrogen-bond donors (Lipinski definition) is 2. The Morgan fingerprint density at radius 1 is 1.15 bits per heavy atom. The Kier molecular flexibility index (Phi) is 5.56. The maximum absolute atomic E-state index is 12.7. The fourth-order valence-electron chi connectivity index (χ4n) is 3.36. The van der Waals surface area contributed by atoms with Crippen molar-refractivity contribution in [1.82, 2.24) is 10.2 Å². The van der Waals surface area contributed by atoms with Crippen LogP contribution in [0, 0.1) is 5.92 Å². The highest BCUT2D eigenvalue weighted by atomic mass is 16.2. The maximum Gasteiger partial charge on any atom is 0.322 e. The lowest BCUT2D eigenvalue weighted by Gasteiger charge is -2.37. The molecule has 0 spiro atoms. The fraction of sp³-hybridized carbons (Fsp3) is 0.333. The van der Waals surface area contributed by atoms with Gasteiger partial charge in [-0.15, -0.1) is 0 Å². The van der Waals surface area contributed by atoms with E-state index in [1.165, 1.54) is 5.56 Å². The van der Waals surface area contributed by atoms with Crippen LogP contribution in [-0.4, -0.2) is 36.0 Å². The van der Waals surface area contributed by atoms with E-state index in [-0.39, 0.29) is 17.9 Å². The number of anilines is 1. The molecule has 1 fully saturated rings. The minimum atomic E-state index is -0.434. The van der Waals surface area contributed by atoms with Crippen molar-refractivity contribution in [2.45, 2.75) is 26.3 Å². The molecular formula is C21H25N3O2. The van der Waals surface area contributed by atoms with Crippen molar-refractivity contribution in [1.29, 1.82) is 0 Å². The Balaban J connectivity index is 1.71. The second-order valence-electron chi connectivity index (χ2n) is 6.97. The van der Waals surface area contributed by atoms with Gasteiger partial charge in [0.1, 0.15) is 6.04 Å². The molecule has 5 heteroatoms. The van der Waals surface area contributed by atoms with Crippen LogP contribution in [0.2, 0.25) is 0 Å². The molecule has 5 nitrogen and oxygen atoms in total. The average Bonchev–Trinajstić information content (AvgIpc) is 2.62. The summed E-state index contributed by atoms with van der Waals surface area (Å²) in [6.07, 6.45) is 0.811.